The maximum atomic E-state index is 11.9. The maximum Gasteiger partial charge on any atom is 0.530 e. The summed E-state index contributed by atoms with van der Waals surface area (Å²) in [6.45, 7) is 7.02. The zero-order valence-corrected chi connectivity index (χ0v) is 16.4. The van der Waals surface area contributed by atoms with Gasteiger partial charge in [-0.2, -0.15) is 0 Å². The first kappa shape index (κ1) is 22.1. The van der Waals surface area contributed by atoms with E-state index in [1.807, 2.05) is 9.77 Å². The summed E-state index contributed by atoms with van der Waals surface area (Å²) < 4.78 is 57.8. The van der Waals surface area contributed by atoms with Crippen LogP contribution in [0.25, 0.3) is 0 Å². The van der Waals surface area contributed by atoms with Crippen molar-refractivity contribution in [3.8, 4) is 0 Å². The van der Waals surface area contributed by atoms with Gasteiger partial charge in [-0.1, -0.05) is 58.0 Å². The lowest BCUT2D eigenvalue weighted by atomic mass is 9.80. The van der Waals surface area contributed by atoms with Crippen molar-refractivity contribution in [3.05, 3.63) is 30.3 Å². The second-order valence-electron chi connectivity index (χ2n) is 6.50. The Morgan fingerprint density at radius 3 is 1.60 bits per heavy atom. The fourth-order valence-electron chi connectivity index (χ4n) is 1.95. The average Bonchev–Trinajstić information content (AvgIpc) is 2.45. The highest BCUT2D eigenvalue weighted by atomic mass is 32.2. The van der Waals surface area contributed by atoms with E-state index in [4.69, 9.17) is 9.51 Å². The summed E-state index contributed by atoms with van der Waals surface area (Å²) in [4.78, 5) is 3.96. The van der Waals surface area contributed by atoms with Gasteiger partial charge in [-0.3, -0.25) is 0 Å². The van der Waals surface area contributed by atoms with Gasteiger partial charge in [0.2, 0.25) is 20.0 Å². The van der Waals surface area contributed by atoms with E-state index in [2.05, 4.69) is 0 Å². The Kier molecular flexibility index (Phi) is 8.52. The van der Waals surface area contributed by atoms with Crippen LogP contribution >= 0.6 is 0 Å². The number of hydrogen-bond acceptors (Lipinski definition) is 6. The molecule has 0 radical (unpaired) electrons. The van der Waals surface area contributed by atoms with E-state index in [1.165, 1.54) is 0 Å². The van der Waals surface area contributed by atoms with Crippen molar-refractivity contribution in [2.45, 2.75) is 27.7 Å². The summed E-state index contributed by atoms with van der Waals surface area (Å²) in [6.07, 6.45) is 0. The fraction of sp³-hybridized carbons (Fsp3) is 0.571. The van der Waals surface area contributed by atoms with E-state index < -0.39 is 27.2 Å². The normalized spacial score (nSPS) is 12.7. The maximum absolute atomic E-state index is 11.9. The molecule has 0 amide bonds. The highest BCUT2D eigenvalue weighted by Crippen LogP contribution is 2.01. The van der Waals surface area contributed by atoms with Gasteiger partial charge in [-0.05, 0) is 17.3 Å². The van der Waals surface area contributed by atoms with Gasteiger partial charge in [0, 0.05) is 0 Å². The van der Waals surface area contributed by atoms with Crippen molar-refractivity contribution in [1.29, 1.82) is 0 Å². The SMILES string of the molecule is CC(C)CS(=O)(=O)NOB(ONS(=O)(=O)CC(C)C)c1ccccc1. The molecular formula is C14H25BN2O6S2. The third-order valence-corrected chi connectivity index (χ3v) is 5.65. The molecule has 0 saturated carbocycles. The zero-order chi connectivity index (χ0) is 19.1. The monoisotopic (exact) mass is 392 g/mol. The van der Waals surface area contributed by atoms with Crippen molar-refractivity contribution in [2.75, 3.05) is 11.5 Å². The van der Waals surface area contributed by atoms with Crippen LogP contribution in [-0.2, 0) is 29.6 Å². The van der Waals surface area contributed by atoms with E-state index in [0.29, 0.717) is 5.46 Å². The molecule has 0 bridgehead atoms. The topological polar surface area (TPSA) is 111 Å². The van der Waals surface area contributed by atoms with Crippen molar-refractivity contribution < 1.29 is 26.3 Å². The van der Waals surface area contributed by atoms with Crippen LogP contribution in [0.15, 0.2) is 30.3 Å². The molecule has 1 rings (SSSR count). The lowest BCUT2D eigenvalue weighted by Gasteiger charge is -2.16. The summed E-state index contributed by atoms with van der Waals surface area (Å²) in [7, 11) is -8.65. The molecule has 0 fully saturated rings. The molecule has 8 nitrogen and oxygen atoms in total. The van der Waals surface area contributed by atoms with Gasteiger partial charge < -0.3 is 9.51 Å². The molecule has 1 aromatic carbocycles. The van der Waals surface area contributed by atoms with Crippen molar-refractivity contribution >= 4 is 32.6 Å². The first-order valence-electron chi connectivity index (χ1n) is 7.86. The number of benzene rings is 1. The van der Waals surface area contributed by atoms with Crippen LogP contribution < -0.4 is 15.2 Å². The quantitative estimate of drug-likeness (QED) is 0.417. The first-order valence-corrected chi connectivity index (χ1v) is 11.2. The van der Waals surface area contributed by atoms with Gasteiger partial charge in [-0.15, -0.1) is 9.77 Å². The molecule has 0 saturated heterocycles. The lowest BCUT2D eigenvalue weighted by molar-refractivity contribution is 0.158. The second-order valence-corrected chi connectivity index (χ2v) is 9.95. The predicted molar refractivity (Wildman–Crippen MR) is 97.5 cm³/mol. The molecule has 0 aliphatic rings. The fourth-order valence-corrected chi connectivity index (χ4v) is 4.31. The van der Waals surface area contributed by atoms with Gasteiger partial charge >= 0.3 is 7.12 Å². The molecule has 1 aromatic rings. The first-order chi connectivity index (χ1) is 11.5. The number of hydrogen-bond donors (Lipinski definition) is 2. The lowest BCUT2D eigenvalue weighted by Crippen LogP contribution is -2.48. The molecule has 0 aliphatic carbocycles. The summed E-state index contributed by atoms with van der Waals surface area (Å²) in [5.74, 6) is -0.454. The van der Waals surface area contributed by atoms with Gasteiger partial charge in [0.05, 0.1) is 11.5 Å². The molecule has 0 heterocycles. The molecule has 142 valence electrons. The molecule has 0 aromatic heterocycles. The van der Waals surface area contributed by atoms with Crippen LogP contribution in [0, 0.1) is 11.8 Å². The van der Waals surface area contributed by atoms with Crippen molar-refractivity contribution in [2.24, 2.45) is 11.8 Å². The van der Waals surface area contributed by atoms with Gasteiger partial charge in [0.25, 0.3) is 0 Å². The van der Waals surface area contributed by atoms with E-state index in [9.17, 15) is 16.8 Å². The predicted octanol–water partition coefficient (Wildman–Crippen LogP) is 0.396. The van der Waals surface area contributed by atoms with Crippen LogP contribution in [-0.4, -0.2) is 35.5 Å². The Morgan fingerprint density at radius 1 is 0.840 bits per heavy atom. The Labute approximate surface area is 150 Å². The summed E-state index contributed by atoms with van der Waals surface area (Å²) in [5, 5.41) is 0. The van der Waals surface area contributed by atoms with Gasteiger partial charge in [0.15, 0.2) is 0 Å². The van der Waals surface area contributed by atoms with Crippen LogP contribution in [0.4, 0.5) is 0 Å². The standard InChI is InChI=1S/C14H25BN2O6S2/c1-12(2)10-24(18,19)16-22-15(14-8-6-5-7-9-14)23-17-25(20,21)11-13(3)4/h5-9,12-13,16-17H,10-11H2,1-4H3. The van der Waals surface area contributed by atoms with Crippen LogP contribution in [0.3, 0.4) is 0 Å². The number of nitrogens with one attached hydrogen (secondary N) is 2. The molecule has 25 heavy (non-hydrogen) atoms. The molecule has 11 heteroatoms. The average molecular weight is 392 g/mol. The molecule has 0 atom stereocenters. The van der Waals surface area contributed by atoms with E-state index in [0.717, 1.165) is 0 Å². The minimum absolute atomic E-state index is 0.0956. The number of sulfonamides is 2. The van der Waals surface area contributed by atoms with Crippen LogP contribution in [0.5, 0.6) is 0 Å². The van der Waals surface area contributed by atoms with Crippen molar-refractivity contribution in [3.63, 3.8) is 0 Å². The summed E-state index contributed by atoms with van der Waals surface area (Å²) in [5.41, 5.74) is 0.446. The second kappa shape index (κ2) is 9.65. The minimum Gasteiger partial charge on any atom is -0.307 e. The molecule has 0 aliphatic heterocycles. The third kappa shape index (κ3) is 9.33. The Bertz CT molecular complexity index is 679. The molecule has 0 unspecified atom stereocenters. The summed E-state index contributed by atoms with van der Waals surface area (Å²) in [6, 6.07) is 8.39. The highest BCUT2D eigenvalue weighted by molar-refractivity contribution is 7.89. The minimum atomic E-state index is -3.69. The van der Waals surface area contributed by atoms with E-state index in [1.54, 1.807) is 58.0 Å². The Hall–Kier alpha value is -0.975. The summed E-state index contributed by atoms with van der Waals surface area (Å²) >= 11 is 0. The Balaban J connectivity index is 2.81. The Morgan fingerprint density at radius 2 is 1.24 bits per heavy atom. The largest absolute Gasteiger partial charge is 0.530 e. The van der Waals surface area contributed by atoms with E-state index >= 15 is 0 Å². The highest BCUT2D eigenvalue weighted by Gasteiger charge is 2.27. The molecule has 2 N–H and O–H groups in total. The third-order valence-electron chi connectivity index (χ3n) is 2.74. The van der Waals surface area contributed by atoms with Gasteiger partial charge in [-0.25, -0.2) is 16.8 Å². The molecule has 0 spiro atoms. The van der Waals surface area contributed by atoms with E-state index in [-0.39, 0.29) is 23.3 Å². The van der Waals surface area contributed by atoms with Crippen LogP contribution in [0.2, 0.25) is 0 Å². The number of rotatable bonds is 11. The smallest absolute Gasteiger partial charge is 0.307 e. The molecular weight excluding hydrogens is 367 g/mol. The van der Waals surface area contributed by atoms with Crippen molar-refractivity contribution in [1.82, 2.24) is 9.77 Å². The van der Waals surface area contributed by atoms with Crippen LogP contribution in [0.1, 0.15) is 27.7 Å². The zero-order valence-electron chi connectivity index (χ0n) is 14.8. The van der Waals surface area contributed by atoms with Gasteiger partial charge in [0.1, 0.15) is 0 Å².